The van der Waals surface area contributed by atoms with Crippen molar-refractivity contribution in [1.82, 2.24) is 4.90 Å². The highest BCUT2D eigenvalue weighted by Gasteiger charge is 2.38. The SMILES string of the molecule is CC1C(CCOC(C)(C)C)CCN(C[C@H]2C[C@H](OC(C)(C)C)C2)C1C. The average molecular weight is 354 g/mol. The van der Waals surface area contributed by atoms with E-state index in [1.165, 1.54) is 38.8 Å². The van der Waals surface area contributed by atoms with E-state index in [0.717, 1.165) is 24.4 Å². The van der Waals surface area contributed by atoms with Crippen molar-refractivity contribution >= 4 is 0 Å². The first-order valence-corrected chi connectivity index (χ1v) is 10.5. The van der Waals surface area contributed by atoms with Crippen LogP contribution in [-0.2, 0) is 9.47 Å². The van der Waals surface area contributed by atoms with E-state index in [1.54, 1.807) is 0 Å². The van der Waals surface area contributed by atoms with E-state index in [-0.39, 0.29) is 11.2 Å². The van der Waals surface area contributed by atoms with Crippen LogP contribution in [0.4, 0.5) is 0 Å². The molecule has 3 unspecified atom stereocenters. The molecule has 3 nitrogen and oxygen atoms in total. The maximum atomic E-state index is 6.10. The molecular weight excluding hydrogens is 310 g/mol. The largest absolute Gasteiger partial charge is 0.376 e. The van der Waals surface area contributed by atoms with E-state index in [1.807, 2.05) is 0 Å². The van der Waals surface area contributed by atoms with Crippen LogP contribution in [0.5, 0.6) is 0 Å². The predicted molar refractivity (Wildman–Crippen MR) is 106 cm³/mol. The summed E-state index contributed by atoms with van der Waals surface area (Å²) < 4.78 is 12.1. The zero-order valence-corrected chi connectivity index (χ0v) is 18.1. The van der Waals surface area contributed by atoms with Crippen LogP contribution in [0.3, 0.4) is 0 Å². The lowest BCUT2D eigenvalue weighted by atomic mass is 9.77. The van der Waals surface area contributed by atoms with Gasteiger partial charge in [0.2, 0.25) is 0 Å². The van der Waals surface area contributed by atoms with Crippen molar-refractivity contribution in [3.63, 3.8) is 0 Å². The van der Waals surface area contributed by atoms with Gasteiger partial charge in [0.15, 0.2) is 0 Å². The van der Waals surface area contributed by atoms with Gasteiger partial charge >= 0.3 is 0 Å². The van der Waals surface area contributed by atoms with Crippen molar-refractivity contribution in [3.8, 4) is 0 Å². The van der Waals surface area contributed by atoms with Gasteiger partial charge in [0.05, 0.1) is 17.3 Å². The Morgan fingerprint density at radius 3 is 2.16 bits per heavy atom. The van der Waals surface area contributed by atoms with Gasteiger partial charge in [-0.1, -0.05) is 6.92 Å². The molecule has 1 aliphatic heterocycles. The first-order valence-electron chi connectivity index (χ1n) is 10.5. The fourth-order valence-electron chi connectivity index (χ4n) is 4.46. The summed E-state index contributed by atoms with van der Waals surface area (Å²) in [5.74, 6) is 2.41. The highest BCUT2D eigenvalue weighted by molar-refractivity contribution is 4.90. The first-order chi connectivity index (χ1) is 11.4. The Hall–Kier alpha value is -0.120. The number of rotatable bonds is 6. The van der Waals surface area contributed by atoms with E-state index in [4.69, 9.17) is 9.47 Å². The maximum absolute atomic E-state index is 6.10. The van der Waals surface area contributed by atoms with Crippen molar-refractivity contribution in [1.29, 1.82) is 0 Å². The van der Waals surface area contributed by atoms with Crippen molar-refractivity contribution < 1.29 is 9.47 Å². The number of likely N-dealkylation sites (tertiary alicyclic amines) is 1. The molecule has 3 atom stereocenters. The third-order valence-electron chi connectivity index (χ3n) is 6.10. The molecule has 0 aromatic heterocycles. The van der Waals surface area contributed by atoms with Crippen molar-refractivity contribution in [3.05, 3.63) is 0 Å². The normalized spacial score (nSPS) is 34.8. The fraction of sp³-hybridized carbons (Fsp3) is 1.00. The van der Waals surface area contributed by atoms with Gasteiger partial charge in [0.25, 0.3) is 0 Å². The van der Waals surface area contributed by atoms with Crippen molar-refractivity contribution in [2.45, 2.75) is 104 Å². The number of piperidine rings is 1. The average Bonchev–Trinajstić information content (AvgIpc) is 2.41. The molecule has 0 amide bonds. The number of ether oxygens (including phenoxy) is 2. The number of hydrogen-bond donors (Lipinski definition) is 0. The summed E-state index contributed by atoms with van der Waals surface area (Å²) in [4.78, 5) is 2.74. The highest BCUT2D eigenvalue weighted by Crippen LogP contribution is 2.37. The molecule has 1 heterocycles. The Labute approximate surface area is 156 Å². The molecule has 1 saturated carbocycles. The molecule has 148 valence electrons. The van der Waals surface area contributed by atoms with E-state index in [9.17, 15) is 0 Å². The molecule has 1 aliphatic carbocycles. The number of nitrogens with zero attached hydrogens (tertiary/aromatic N) is 1. The van der Waals surface area contributed by atoms with E-state index < -0.39 is 0 Å². The van der Waals surface area contributed by atoms with Crippen LogP contribution in [0, 0.1) is 17.8 Å². The summed E-state index contributed by atoms with van der Waals surface area (Å²) in [6, 6.07) is 0.691. The minimum absolute atomic E-state index is 0.00487. The molecule has 0 aromatic rings. The second kappa shape index (κ2) is 8.27. The summed E-state index contributed by atoms with van der Waals surface area (Å²) in [6.07, 6.45) is 5.52. The van der Waals surface area contributed by atoms with Gasteiger partial charge in [-0.15, -0.1) is 0 Å². The summed E-state index contributed by atoms with van der Waals surface area (Å²) in [7, 11) is 0. The van der Waals surface area contributed by atoms with Crippen LogP contribution < -0.4 is 0 Å². The second-order valence-electron chi connectivity index (χ2n) is 10.6. The van der Waals surface area contributed by atoms with Gasteiger partial charge < -0.3 is 14.4 Å². The smallest absolute Gasteiger partial charge is 0.0602 e. The van der Waals surface area contributed by atoms with Gasteiger partial charge in [-0.25, -0.2) is 0 Å². The fourth-order valence-corrected chi connectivity index (χ4v) is 4.46. The lowest BCUT2D eigenvalue weighted by Gasteiger charge is -2.47. The quantitative estimate of drug-likeness (QED) is 0.660. The second-order valence-corrected chi connectivity index (χ2v) is 10.6. The third kappa shape index (κ3) is 6.84. The van der Waals surface area contributed by atoms with Gasteiger partial charge in [-0.2, -0.15) is 0 Å². The van der Waals surface area contributed by atoms with Crippen LogP contribution >= 0.6 is 0 Å². The molecule has 1 saturated heterocycles. The summed E-state index contributed by atoms with van der Waals surface area (Å²) in [6.45, 7) is 21.3. The lowest BCUT2D eigenvalue weighted by molar-refractivity contribution is -0.119. The molecule has 0 radical (unpaired) electrons. The minimum atomic E-state index is -0.00849. The van der Waals surface area contributed by atoms with E-state index in [2.05, 4.69) is 60.3 Å². The Morgan fingerprint density at radius 2 is 1.60 bits per heavy atom. The van der Waals surface area contributed by atoms with E-state index >= 15 is 0 Å². The van der Waals surface area contributed by atoms with Crippen LogP contribution in [0.25, 0.3) is 0 Å². The molecule has 0 N–H and O–H groups in total. The standard InChI is InChI=1S/C22H43NO2/c1-16-17(2)23(11-9-19(16)10-12-24-21(3,4)5)15-18-13-20(14-18)25-22(6,7)8/h16-20H,9-15H2,1-8H3/t16?,17?,18-,19?,20-. The third-order valence-corrected chi connectivity index (χ3v) is 6.10. The molecule has 2 rings (SSSR count). The van der Waals surface area contributed by atoms with Gasteiger partial charge in [0.1, 0.15) is 0 Å². The van der Waals surface area contributed by atoms with Crippen molar-refractivity contribution in [2.24, 2.45) is 17.8 Å². The van der Waals surface area contributed by atoms with Crippen LogP contribution in [-0.4, -0.2) is 47.9 Å². The maximum Gasteiger partial charge on any atom is 0.0602 e. The Bertz CT molecular complexity index is 403. The Balaban J connectivity index is 1.70. The van der Waals surface area contributed by atoms with Crippen LogP contribution in [0.1, 0.15) is 81.1 Å². The zero-order chi connectivity index (χ0) is 18.8. The molecular formula is C22H43NO2. The molecule has 0 bridgehead atoms. The summed E-state index contributed by atoms with van der Waals surface area (Å²) >= 11 is 0. The monoisotopic (exact) mass is 353 g/mol. The van der Waals surface area contributed by atoms with E-state index in [0.29, 0.717) is 12.1 Å². The topological polar surface area (TPSA) is 21.7 Å². The predicted octanol–water partition coefficient (Wildman–Crippen LogP) is 5.13. The van der Waals surface area contributed by atoms with Crippen molar-refractivity contribution in [2.75, 3.05) is 19.7 Å². The van der Waals surface area contributed by atoms with Gasteiger partial charge in [-0.05, 0) is 98.4 Å². The molecule has 0 aromatic carbocycles. The zero-order valence-electron chi connectivity index (χ0n) is 18.1. The molecule has 2 fully saturated rings. The Morgan fingerprint density at radius 1 is 0.960 bits per heavy atom. The summed E-state index contributed by atoms with van der Waals surface area (Å²) in [5, 5.41) is 0. The van der Waals surface area contributed by atoms with Gasteiger partial charge in [0, 0.05) is 19.2 Å². The van der Waals surface area contributed by atoms with Crippen LogP contribution in [0.2, 0.25) is 0 Å². The first kappa shape index (κ1) is 21.2. The molecule has 25 heavy (non-hydrogen) atoms. The highest BCUT2D eigenvalue weighted by atomic mass is 16.5. The van der Waals surface area contributed by atoms with Gasteiger partial charge in [-0.3, -0.25) is 0 Å². The molecule has 3 heteroatoms. The molecule has 2 aliphatic rings. The molecule has 0 spiro atoms. The van der Waals surface area contributed by atoms with Crippen LogP contribution in [0.15, 0.2) is 0 Å². The lowest BCUT2D eigenvalue weighted by Crippen LogP contribution is -2.51. The minimum Gasteiger partial charge on any atom is -0.376 e. The summed E-state index contributed by atoms with van der Waals surface area (Å²) in [5.41, 5.74) is -0.00361. The number of hydrogen-bond acceptors (Lipinski definition) is 3. The Kier molecular flexibility index (Phi) is 7.01.